The van der Waals surface area contributed by atoms with E-state index in [-0.39, 0.29) is 0 Å². The van der Waals surface area contributed by atoms with Gasteiger partial charge in [0.25, 0.3) is 0 Å². The molecular weight excluding hydrogens is 166 g/mol. The first-order chi connectivity index (χ1) is 6.40. The molecule has 13 heavy (non-hydrogen) atoms. The molecule has 2 aromatic rings. The van der Waals surface area contributed by atoms with Crippen LogP contribution in [0.2, 0.25) is 0 Å². The fraction of sp³-hybridized carbons (Fsp3) is 0.111. The van der Waals surface area contributed by atoms with Gasteiger partial charge in [0.05, 0.1) is 13.3 Å². The van der Waals surface area contributed by atoms with Crippen LogP contribution in [0, 0.1) is 0 Å². The molecule has 2 heterocycles. The van der Waals surface area contributed by atoms with E-state index in [1.165, 1.54) is 0 Å². The zero-order valence-electron chi connectivity index (χ0n) is 7.21. The fourth-order valence-corrected chi connectivity index (χ4v) is 1.03. The Morgan fingerprint density at radius 2 is 2.31 bits per heavy atom. The second-order valence-corrected chi connectivity index (χ2v) is 2.51. The van der Waals surface area contributed by atoms with Crippen molar-refractivity contribution in [2.24, 2.45) is 0 Å². The van der Waals surface area contributed by atoms with E-state index >= 15 is 0 Å². The van der Waals surface area contributed by atoms with Gasteiger partial charge in [0.15, 0.2) is 5.82 Å². The van der Waals surface area contributed by atoms with Crippen molar-refractivity contribution in [1.29, 1.82) is 0 Å². The lowest BCUT2D eigenvalue weighted by Crippen LogP contribution is -1.97. The Hall–Kier alpha value is -1.84. The van der Waals surface area contributed by atoms with Crippen LogP contribution in [0.1, 0.15) is 0 Å². The first-order valence-corrected chi connectivity index (χ1v) is 3.90. The molecule has 0 atom stereocenters. The van der Waals surface area contributed by atoms with Crippen LogP contribution >= 0.6 is 0 Å². The average molecular weight is 175 g/mol. The standard InChI is InChI=1S/C9H9N3O/c1-13-8-3-4-9(10-7-8)12-6-2-5-11-12/h2-7H,1H3. The average Bonchev–Trinajstić information content (AvgIpc) is 2.71. The van der Waals surface area contributed by atoms with Gasteiger partial charge in [-0.25, -0.2) is 9.67 Å². The van der Waals surface area contributed by atoms with E-state index in [4.69, 9.17) is 4.74 Å². The Kier molecular flexibility index (Phi) is 1.96. The number of nitrogens with zero attached hydrogens (tertiary/aromatic N) is 3. The maximum absolute atomic E-state index is 4.99. The van der Waals surface area contributed by atoms with Crippen molar-refractivity contribution in [2.45, 2.75) is 0 Å². The van der Waals surface area contributed by atoms with E-state index < -0.39 is 0 Å². The van der Waals surface area contributed by atoms with Gasteiger partial charge in [-0.05, 0) is 18.2 Å². The Morgan fingerprint density at radius 3 is 2.85 bits per heavy atom. The lowest BCUT2D eigenvalue weighted by molar-refractivity contribution is 0.412. The fourth-order valence-electron chi connectivity index (χ4n) is 1.03. The van der Waals surface area contributed by atoms with E-state index in [0.717, 1.165) is 11.6 Å². The number of ether oxygens (including phenoxy) is 1. The lowest BCUT2D eigenvalue weighted by atomic mass is 10.4. The van der Waals surface area contributed by atoms with Crippen LogP contribution in [-0.2, 0) is 0 Å². The molecule has 2 aromatic heterocycles. The van der Waals surface area contributed by atoms with Crippen LogP contribution in [-0.4, -0.2) is 21.9 Å². The molecule has 4 nitrogen and oxygen atoms in total. The van der Waals surface area contributed by atoms with Crippen molar-refractivity contribution in [2.75, 3.05) is 7.11 Å². The van der Waals surface area contributed by atoms with Gasteiger partial charge in [0.1, 0.15) is 5.75 Å². The van der Waals surface area contributed by atoms with E-state index in [1.807, 2.05) is 24.4 Å². The maximum atomic E-state index is 4.99. The highest BCUT2D eigenvalue weighted by molar-refractivity contribution is 5.27. The summed E-state index contributed by atoms with van der Waals surface area (Å²) in [4.78, 5) is 4.17. The Labute approximate surface area is 75.8 Å². The third-order valence-corrected chi connectivity index (χ3v) is 1.70. The highest BCUT2D eigenvalue weighted by Crippen LogP contribution is 2.09. The van der Waals surface area contributed by atoms with Gasteiger partial charge in [0, 0.05) is 12.4 Å². The van der Waals surface area contributed by atoms with Crippen molar-refractivity contribution in [3.8, 4) is 11.6 Å². The van der Waals surface area contributed by atoms with Crippen LogP contribution in [0.3, 0.4) is 0 Å². The monoisotopic (exact) mass is 175 g/mol. The van der Waals surface area contributed by atoms with Gasteiger partial charge in [0.2, 0.25) is 0 Å². The lowest BCUT2D eigenvalue weighted by Gasteiger charge is -2.01. The Balaban J connectivity index is 2.33. The number of rotatable bonds is 2. The first kappa shape index (κ1) is 7.79. The van der Waals surface area contributed by atoms with Gasteiger partial charge < -0.3 is 4.74 Å². The molecule has 0 saturated carbocycles. The second kappa shape index (κ2) is 3.26. The summed E-state index contributed by atoms with van der Waals surface area (Å²) in [6.07, 6.45) is 5.22. The molecule has 0 amide bonds. The number of aromatic nitrogens is 3. The van der Waals surface area contributed by atoms with Crippen LogP contribution in [0.5, 0.6) is 5.75 Å². The molecule has 2 rings (SSSR count). The van der Waals surface area contributed by atoms with E-state index in [9.17, 15) is 0 Å². The second-order valence-electron chi connectivity index (χ2n) is 2.51. The van der Waals surface area contributed by atoms with E-state index in [0.29, 0.717) is 0 Å². The molecule has 0 unspecified atom stereocenters. The van der Waals surface area contributed by atoms with Crippen LogP contribution in [0.4, 0.5) is 0 Å². The molecular formula is C9H9N3O. The molecule has 4 heteroatoms. The van der Waals surface area contributed by atoms with Gasteiger partial charge in [-0.3, -0.25) is 0 Å². The smallest absolute Gasteiger partial charge is 0.153 e. The summed E-state index contributed by atoms with van der Waals surface area (Å²) in [6, 6.07) is 5.56. The van der Waals surface area contributed by atoms with Gasteiger partial charge in [-0.2, -0.15) is 5.10 Å². The van der Waals surface area contributed by atoms with Crippen LogP contribution in [0.25, 0.3) is 5.82 Å². The minimum absolute atomic E-state index is 0.746. The summed E-state index contributed by atoms with van der Waals surface area (Å²) in [6.45, 7) is 0. The molecule has 0 fully saturated rings. The van der Waals surface area contributed by atoms with Crippen molar-refractivity contribution in [3.63, 3.8) is 0 Å². The summed E-state index contributed by atoms with van der Waals surface area (Å²) >= 11 is 0. The maximum Gasteiger partial charge on any atom is 0.153 e. The van der Waals surface area contributed by atoms with E-state index in [1.54, 1.807) is 24.2 Å². The predicted octanol–water partition coefficient (Wildman–Crippen LogP) is 1.28. The SMILES string of the molecule is COc1ccc(-n2cccn2)nc1. The quantitative estimate of drug-likeness (QED) is 0.690. The van der Waals surface area contributed by atoms with Crippen molar-refractivity contribution in [3.05, 3.63) is 36.8 Å². The van der Waals surface area contributed by atoms with Gasteiger partial charge >= 0.3 is 0 Å². The Morgan fingerprint density at radius 1 is 1.38 bits per heavy atom. The molecule has 0 aliphatic rings. The summed E-state index contributed by atoms with van der Waals surface area (Å²) in [5.41, 5.74) is 0. The normalized spacial score (nSPS) is 9.92. The number of pyridine rings is 1. The van der Waals surface area contributed by atoms with Crippen LogP contribution in [0.15, 0.2) is 36.8 Å². The molecule has 0 bridgehead atoms. The third kappa shape index (κ3) is 1.51. The molecule has 0 aliphatic heterocycles. The first-order valence-electron chi connectivity index (χ1n) is 3.90. The number of hydrogen-bond acceptors (Lipinski definition) is 3. The molecule has 0 radical (unpaired) electrons. The minimum atomic E-state index is 0.746. The largest absolute Gasteiger partial charge is 0.495 e. The van der Waals surface area contributed by atoms with E-state index in [2.05, 4.69) is 10.1 Å². The molecule has 0 spiro atoms. The zero-order valence-corrected chi connectivity index (χ0v) is 7.21. The van der Waals surface area contributed by atoms with Gasteiger partial charge in [-0.1, -0.05) is 0 Å². The summed E-state index contributed by atoms with van der Waals surface area (Å²) in [7, 11) is 1.62. The van der Waals surface area contributed by atoms with Crippen molar-refractivity contribution >= 4 is 0 Å². The molecule has 66 valence electrons. The molecule has 0 N–H and O–H groups in total. The third-order valence-electron chi connectivity index (χ3n) is 1.70. The highest BCUT2D eigenvalue weighted by Gasteiger charge is 1.96. The molecule has 0 saturated heterocycles. The van der Waals surface area contributed by atoms with Crippen LogP contribution < -0.4 is 4.74 Å². The molecule has 0 aliphatic carbocycles. The summed E-state index contributed by atoms with van der Waals surface area (Å²) in [5, 5.41) is 4.06. The predicted molar refractivity (Wildman–Crippen MR) is 47.9 cm³/mol. The summed E-state index contributed by atoms with van der Waals surface area (Å²) in [5.74, 6) is 1.53. The topological polar surface area (TPSA) is 39.9 Å². The molecule has 0 aromatic carbocycles. The van der Waals surface area contributed by atoms with Crippen molar-refractivity contribution < 1.29 is 4.74 Å². The highest BCUT2D eigenvalue weighted by atomic mass is 16.5. The number of methoxy groups -OCH3 is 1. The minimum Gasteiger partial charge on any atom is -0.495 e. The zero-order chi connectivity index (χ0) is 9.10. The summed E-state index contributed by atoms with van der Waals surface area (Å²) < 4.78 is 6.69. The van der Waals surface area contributed by atoms with Gasteiger partial charge in [-0.15, -0.1) is 0 Å². The number of hydrogen-bond donors (Lipinski definition) is 0. The Bertz CT molecular complexity index is 366. The van der Waals surface area contributed by atoms with Crippen molar-refractivity contribution in [1.82, 2.24) is 14.8 Å².